The van der Waals surface area contributed by atoms with Crippen molar-refractivity contribution >= 4 is 0 Å². The van der Waals surface area contributed by atoms with Gasteiger partial charge in [0.25, 0.3) is 0 Å². The molecule has 0 fully saturated rings. The Morgan fingerprint density at radius 3 is 2.75 bits per heavy atom. The van der Waals surface area contributed by atoms with Crippen LogP contribution in [-0.2, 0) is 0 Å². The number of allylic oxidation sites excluding steroid dienone is 1. The van der Waals surface area contributed by atoms with Crippen LogP contribution in [-0.4, -0.2) is 24.3 Å². The highest BCUT2D eigenvalue weighted by Gasteiger charge is 1.93. The van der Waals surface area contributed by atoms with Crippen LogP contribution in [0.15, 0.2) is 12.7 Å². The van der Waals surface area contributed by atoms with Gasteiger partial charge in [-0.1, -0.05) is 12.5 Å². The van der Waals surface area contributed by atoms with Crippen molar-refractivity contribution in [3.05, 3.63) is 12.7 Å². The summed E-state index contributed by atoms with van der Waals surface area (Å²) in [6.45, 7) is 7.19. The molecule has 2 N–H and O–H groups in total. The molecule has 0 aliphatic heterocycles. The second-order valence-electron chi connectivity index (χ2n) is 3.19. The van der Waals surface area contributed by atoms with E-state index in [4.69, 9.17) is 5.11 Å². The van der Waals surface area contributed by atoms with Gasteiger partial charge in [0, 0.05) is 6.54 Å². The number of aliphatic hydroxyl groups excluding tert-OH is 1. The van der Waals surface area contributed by atoms with Crippen LogP contribution in [0.2, 0.25) is 0 Å². The van der Waals surface area contributed by atoms with E-state index in [1.54, 1.807) is 6.92 Å². The molecule has 12 heavy (non-hydrogen) atoms. The maximum atomic E-state index is 8.92. The Balaban J connectivity index is 2.86. The highest BCUT2D eigenvalue weighted by Crippen LogP contribution is 1.98. The van der Waals surface area contributed by atoms with E-state index in [-0.39, 0.29) is 6.10 Å². The zero-order chi connectivity index (χ0) is 9.23. The molecule has 0 saturated heterocycles. The standard InChI is InChI=1S/C10H21NO/c1-3-4-5-6-7-8-11-9-10(2)12/h3,10-12H,1,4-9H2,2H3. The molecule has 2 heteroatoms. The number of hydrogen-bond donors (Lipinski definition) is 2. The van der Waals surface area contributed by atoms with Gasteiger partial charge in [-0.05, 0) is 32.7 Å². The van der Waals surface area contributed by atoms with Gasteiger partial charge < -0.3 is 10.4 Å². The maximum Gasteiger partial charge on any atom is 0.0636 e. The topological polar surface area (TPSA) is 32.3 Å². The highest BCUT2D eigenvalue weighted by atomic mass is 16.3. The second-order valence-corrected chi connectivity index (χ2v) is 3.19. The first-order valence-electron chi connectivity index (χ1n) is 4.77. The first kappa shape index (κ1) is 11.7. The van der Waals surface area contributed by atoms with E-state index < -0.39 is 0 Å². The zero-order valence-electron chi connectivity index (χ0n) is 8.05. The van der Waals surface area contributed by atoms with Gasteiger partial charge in [-0.2, -0.15) is 0 Å². The summed E-state index contributed by atoms with van der Waals surface area (Å²) >= 11 is 0. The van der Waals surface area contributed by atoms with Gasteiger partial charge in [0.2, 0.25) is 0 Å². The predicted octanol–water partition coefficient (Wildman–Crippen LogP) is 1.70. The average Bonchev–Trinajstić information content (AvgIpc) is 2.02. The van der Waals surface area contributed by atoms with Gasteiger partial charge in [0.15, 0.2) is 0 Å². The molecule has 1 atom stereocenters. The van der Waals surface area contributed by atoms with Gasteiger partial charge in [-0.3, -0.25) is 0 Å². The summed E-state index contributed by atoms with van der Waals surface area (Å²) in [5.74, 6) is 0. The summed E-state index contributed by atoms with van der Waals surface area (Å²) in [5, 5.41) is 12.1. The van der Waals surface area contributed by atoms with Crippen LogP contribution in [0.3, 0.4) is 0 Å². The van der Waals surface area contributed by atoms with Crippen LogP contribution < -0.4 is 5.32 Å². The molecule has 0 heterocycles. The van der Waals surface area contributed by atoms with E-state index in [0.29, 0.717) is 6.54 Å². The van der Waals surface area contributed by atoms with Crippen molar-refractivity contribution < 1.29 is 5.11 Å². The molecule has 2 nitrogen and oxygen atoms in total. The Morgan fingerprint density at radius 2 is 2.17 bits per heavy atom. The summed E-state index contributed by atoms with van der Waals surface area (Å²) in [6, 6.07) is 0. The summed E-state index contributed by atoms with van der Waals surface area (Å²) in [7, 11) is 0. The molecule has 0 aliphatic rings. The number of aliphatic hydroxyl groups is 1. The molecule has 0 aliphatic carbocycles. The molecule has 0 rings (SSSR count). The molecule has 0 spiro atoms. The lowest BCUT2D eigenvalue weighted by Crippen LogP contribution is -2.25. The molecular formula is C10H21NO. The Morgan fingerprint density at radius 1 is 1.42 bits per heavy atom. The lowest BCUT2D eigenvalue weighted by molar-refractivity contribution is 0.191. The van der Waals surface area contributed by atoms with Crippen molar-refractivity contribution in [2.45, 2.75) is 38.7 Å². The Bertz CT molecular complexity index is 102. The van der Waals surface area contributed by atoms with Crippen LogP contribution in [0.4, 0.5) is 0 Å². The second kappa shape index (κ2) is 8.75. The average molecular weight is 171 g/mol. The lowest BCUT2D eigenvalue weighted by Gasteiger charge is -2.05. The van der Waals surface area contributed by atoms with Gasteiger partial charge >= 0.3 is 0 Å². The van der Waals surface area contributed by atoms with Gasteiger partial charge in [0.1, 0.15) is 0 Å². The number of hydrogen-bond acceptors (Lipinski definition) is 2. The fourth-order valence-corrected chi connectivity index (χ4v) is 1.03. The maximum absolute atomic E-state index is 8.92. The van der Waals surface area contributed by atoms with Gasteiger partial charge in [0.05, 0.1) is 6.10 Å². The number of nitrogens with one attached hydrogen (secondary N) is 1. The summed E-state index contributed by atoms with van der Waals surface area (Å²) in [4.78, 5) is 0. The van der Waals surface area contributed by atoms with Gasteiger partial charge in [-0.15, -0.1) is 6.58 Å². The zero-order valence-corrected chi connectivity index (χ0v) is 8.05. The fraction of sp³-hybridized carbons (Fsp3) is 0.800. The Labute approximate surface area is 75.7 Å². The van der Waals surface area contributed by atoms with Crippen molar-refractivity contribution in [2.75, 3.05) is 13.1 Å². The SMILES string of the molecule is C=CCCCCCNCC(C)O. The monoisotopic (exact) mass is 171 g/mol. The molecule has 0 radical (unpaired) electrons. The van der Waals surface area contributed by atoms with Crippen molar-refractivity contribution in [1.82, 2.24) is 5.32 Å². The van der Waals surface area contributed by atoms with Crippen LogP contribution in [0.1, 0.15) is 32.6 Å². The molecule has 72 valence electrons. The molecule has 0 aromatic rings. The predicted molar refractivity (Wildman–Crippen MR) is 53.2 cm³/mol. The van der Waals surface area contributed by atoms with Crippen molar-refractivity contribution in [1.29, 1.82) is 0 Å². The number of rotatable bonds is 8. The normalized spacial score (nSPS) is 12.8. The first-order chi connectivity index (χ1) is 5.77. The third kappa shape index (κ3) is 9.66. The van der Waals surface area contributed by atoms with E-state index >= 15 is 0 Å². The lowest BCUT2D eigenvalue weighted by atomic mass is 10.2. The first-order valence-corrected chi connectivity index (χ1v) is 4.77. The molecule has 0 bridgehead atoms. The van der Waals surface area contributed by atoms with Crippen molar-refractivity contribution in [3.63, 3.8) is 0 Å². The Hall–Kier alpha value is -0.340. The molecule has 0 aromatic carbocycles. The molecule has 0 aromatic heterocycles. The van der Waals surface area contributed by atoms with Crippen molar-refractivity contribution in [3.8, 4) is 0 Å². The molecule has 0 amide bonds. The van der Waals surface area contributed by atoms with E-state index in [2.05, 4.69) is 11.9 Å². The van der Waals surface area contributed by atoms with E-state index in [1.165, 1.54) is 19.3 Å². The summed E-state index contributed by atoms with van der Waals surface area (Å²) in [6.07, 6.45) is 6.54. The van der Waals surface area contributed by atoms with E-state index in [0.717, 1.165) is 13.0 Å². The van der Waals surface area contributed by atoms with Crippen LogP contribution in [0.5, 0.6) is 0 Å². The highest BCUT2D eigenvalue weighted by molar-refractivity contribution is 4.65. The summed E-state index contributed by atoms with van der Waals surface area (Å²) < 4.78 is 0. The Kier molecular flexibility index (Phi) is 8.51. The minimum Gasteiger partial charge on any atom is -0.392 e. The smallest absolute Gasteiger partial charge is 0.0636 e. The largest absolute Gasteiger partial charge is 0.392 e. The third-order valence-electron chi connectivity index (χ3n) is 1.70. The third-order valence-corrected chi connectivity index (χ3v) is 1.70. The van der Waals surface area contributed by atoms with Crippen molar-refractivity contribution in [2.24, 2.45) is 0 Å². The van der Waals surface area contributed by atoms with E-state index in [1.807, 2.05) is 6.08 Å². The summed E-state index contributed by atoms with van der Waals surface area (Å²) in [5.41, 5.74) is 0. The fourth-order valence-electron chi connectivity index (χ4n) is 1.03. The van der Waals surface area contributed by atoms with Crippen LogP contribution >= 0.6 is 0 Å². The van der Waals surface area contributed by atoms with Crippen LogP contribution in [0, 0.1) is 0 Å². The molecular weight excluding hydrogens is 150 g/mol. The minimum absolute atomic E-state index is 0.224. The number of unbranched alkanes of at least 4 members (excludes halogenated alkanes) is 3. The van der Waals surface area contributed by atoms with Crippen LogP contribution in [0.25, 0.3) is 0 Å². The quantitative estimate of drug-likeness (QED) is 0.430. The molecule has 0 saturated carbocycles. The van der Waals surface area contributed by atoms with E-state index in [9.17, 15) is 0 Å². The van der Waals surface area contributed by atoms with Gasteiger partial charge in [-0.25, -0.2) is 0 Å². The molecule has 1 unspecified atom stereocenters. The minimum atomic E-state index is -0.224.